The van der Waals surface area contributed by atoms with E-state index in [1.54, 1.807) is 47.4 Å². The lowest BCUT2D eigenvalue weighted by Gasteiger charge is -2.25. The molecule has 5 rings (SSSR count). The molecule has 1 aliphatic carbocycles. The number of tetrazole rings is 1. The zero-order valence-electron chi connectivity index (χ0n) is 21.6. The number of nitrogens with zero attached hydrogens (tertiary/aromatic N) is 4. The number of benzene rings is 3. The average Bonchev–Trinajstić information content (AvgIpc) is 3.50. The van der Waals surface area contributed by atoms with E-state index in [1.165, 1.54) is 37.7 Å². The maximum Gasteiger partial charge on any atom is 0.270 e. The zero-order chi connectivity index (χ0) is 27.9. The minimum atomic E-state index is -0.369. The normalized spacial score (nSPS) is 13.6. The Balaban J connectivity index is 1.33. The first-order chi connectivity index (χ1) is 19.5. The van der Waals surface area contributed by atoms with E-state index < -0.39 is 0 Å². The van der Waals surface area contributed by atoms with Crippen LogP contribution in [0.4, 0.5) is 11.6 Å². The van der Waals surface area contributed by atoms with Gasteiger partial charge in [0.25, 0.3) is 17.8 Å². The number of aromatic nitrogens is 4. The summed E-state index contributed by atoms with van der Waals surface area (Å²) in [6.45, 7) is 0.0522. The van der Waals surface area contributed by atoms with Gasteiger partial charge in [-0.2, -0.15) is 5.21 Å². The molecule has 1 heterocycles. The van der Waals surface area contributed by atoms with Crippen molar-refractivity contribution < 1.29 is 14.3 Å². The van der Waals surface area contributed by atoms with Gasteiger partial charge in [-0.3, -0.25) is 14.9 Å². The van der Waals surface area contributed by atoms with Crippen molar-refractivity contribution in [3.05, 3.63) is 93.5 Å². The maximum absolute atomic E-state index is 13.5. The van der Waals surface area contributed by atoms with Gasteiger partial charge in [0.15, 0.2) is 6.61 Å². The molecule has 0 spiro atoms. The van der Waals surface area contributed by atoms with Crippen LogP contribution in [0, 0.1) is 0 Å². The monoisotopic (exact) mass is 578 g/mol. The van der Waals surface area contributed by atoms with E-state index in [4.69, 9.17) is 27.9 Å². The molecule has 1 aliphatic rings. The molecule has 206 valence electrons. The van der Waals surface area contributed by atoms with Crippen LogP contribution >= 0.6 is 23.2 Å². The van der Waals surface area contributed by atoms with Crippen LogP contribution in [0.3, 0.4) is 0 Å². The molecule has 9 nitrogen and oxygen atoms in total. The van der Waals surface area contributed by atoms with Crippen molar-refractivity contribution >= 4 is 46.7 Å². The van der Waals surface area contributed by atoms with Gasteiger partial charge in [0.1, 0.15) is 10.8 Å². The molecule has 1 aromatic heterocycles. The molecule has 0 bridgehead atoms. The van der Waals surface area contributed by atoms with Crippen LogP contribution in [-0.4, -0.2) is 39.0 Å². The number of carbonyl (C=O) groups is 2. The van der Waals surface area contributed by atoms with Crippen LogP contribution in [0.1, 0.15) is 59.5 Å². The number of H-pyrrole nitrogens is 1. The Morgan fingerprint density at radius 1 is 0.975 bits per heavy atom. The first kappa shape index (κ1) is 27.6. The number of halogens is 2. The molecule has 0 saturated heterocycles. The van der Waals surface area contributed by atoms with E-state index in [0.29, 0.717) is 22.3 Å². The first-order valence-corrected chi connectivity index (χ1v) is 13.8. The van der Waals surface area contributed by atoms with Crippen LogP contribution in [0.5, 0.6) is 5.75 Å². The topological polar surface area (TPSA) is 113 Å². The summed E-state index contributed by atoms with van der Waals surface area (Å²) < 4.78 is 5.76. The van der Waals surface area contributed by atoms with Crippen LogP contribution in [0.15, 0.2) is 66.7 Å². The first-order valence-electron chi connectivity index (χ1n) is 13.1. The predicted octanol–water partition coefficient (Wildman–Crippen LogP) is 6.42. The van der Waals surface area contributed by atoms with E-state index in [-0.39, 0.29) is 35.9 Å². The lowest BCUT2D eigenvalue weighted by atomic mass is 9.84. The van der Waals surface area contributed by atoms with E-state index in [2.05, 4.69) is 38.1 Å². The predicted molar refractivity (Wildman–Crippen MR) is 154 cm³/mol. The Kier molecular flexibility index (Phi) is 8.93. The number of aromatic amines is 1. The highest BCUT2D eigenvalue weighted by atomic mass is 35.5. The summed E-state index contributed by atoms with van der Waals surface area (Å²) in [7, 11) is 0. The highest BCUT2D eigenvalue weighted by Gasteiger charge is 2.20. The molecule has 0 aliphatic heterocycles. The molecule has 40 heavy (non-hydrogen) atoms. The van der Waals surface area contributed by atoms with Crippen molar-refractivity contribution in [1.29, 1.82) is 0 Å². The molecular formula is C29H28Cl2N6O3. The van der Waals surface area contributed by atoms with Gasteiger partial charge in [-0.05, 0) is 71.5 Å². The van der Waals surface area contributed by atoms with Crippen LogP contribution in [0.25, 0.3) is 0 Å². The summed E-state index contributed by atoms with van der Waals surface area (Å²) in [5.41, 5.74) is 3.31. The van der Waals surface area contributed by atoms with Gasteiger partial charge in [-0.1, -0.05) is 77.9 Å². The molecule has 11 heteroatoms. The number of amides is 2. The number of hydrogen-bond donors (Lipinski definition) is 2. The third-order valence-corrected chi connectivity index (χ3v) is 7.78. The second-order valence-electron chi connectivity index (χ2n) is 9.63. The summed E-state index contributed by atoms with van der Waals surface area (Å²) in [4.78, 5) is 27.6. The second-order valence-corrected chi connectivity index (χ2v) is 10.4. The standard InChI is InChI=1S/C29H28Cl2N6O3/c30-24-7-4-8-25(27(24)31)40-18-26(38)37(23-15-13-21(14-16-23)20-5-2-1-3-6-20)17-19-9-11-22(12-10-19)28(39)32-29-33-35-36-34-29/h4,7-16,20H,1-3,5-6,17-18H2,(H2,32,33,34,35,36,39). The molecule has 2 N–H and O–H groups in total. The largest absolute Gasteiger partial charge is 0.482 e. The fourth-order valence-corrected chi connectivity index (χ4v) is 5.18. The summed E-state index contributed by atoms with van der Waals surface area (Å²) >= 11 is 12.4. The molecule has 1 fully saturated rings. The lowest BCUT2D eigenvalue weighted by Crippen LogP contribution is -2.34. The summed E-state index contributed by atoms with van der Waals surface area (Å²) in [6, 6.07) is 20.2. The van der Waals surface area contributed by atoms with Gasteiger partial charge in [0.05, 0.1) is 11.6 Å². The molecule has 1 saturated carbocycles. The zero-order valence-corrected chi connectivity index (χ0v) is 23.2. The van der Waals surface area contributed by atoms with Crippen molar-refractivity contribution in [2.45, 2.75) is 44.6 Å². The Labute approximate surface area is 241 Å². The quantitative estimate of drug-likeness (QED) is 0.237. The fraction of sp³-hybridized carbons (Fsp3) is 0.276. The molecule has 0 unspecified atom stereocenters. The summed E-state index contributed by atoms with van der Waals surface area (Å²) in [5, 5.41) is 16.3. The third kappa shape index (κ3) is 6.78. The smallest absolute Gasteiger partial charge is 0.270 e. The van der Waals surface area contributed by atoms with Gasteiger partial charge in [0.2, 0.25) is 0 Å². The van der Waals surface area contributed by atoms with E-state index in [0.717, 1.165) is 11.3 Å². The number of hydrogen-bond acceptors (Lipinski definition) is 6. The van der Waals surface area contributed by atoms with Crippen molar-refractivity contribution in [2.24, 2.45) is 0 Å². The molecule has 3 aromatic carbocycles. The number of ether oxygens (including phenoxy) is 1. The maximum atomic E-state index is 13.5. The summed E-state index contributed by atoms with van der Waals surface area (Å²) in [6.07, 6.45) is 6.20. The molecule has 2 amide bonds. The Hall–Kier alpha value is -3.95. The molecule has 4 aromatic rings. The highest BCUT2D eigenvalue weighted by molar-refractivity contribution is 6.42. The minimum Gasteiger partial charge on any atom is -0.482 e. The van der Waals surface area contributed by atoms with Crippen molar-refractivity contribution in [1.82, 2.24) is 20.6 Å². The van der Waals surface area contributed by atoms with E-state index >= 15 is 0 Å². The Morgan fingerprint density at radius 2 is 1.73 bits per heavy atom. The van der Waals surface area contributed by atoms with Crippen molar-refractivity contribution in [2.75, 3.05) is 16.8 Å². The average molecular weight is 579 g/mol. The SMILES string of the molecule is O=C(Nc1nn[nH]n1)c1ccc(CN(C(=O)COc2cccc(Cl)c2Cl)c2ccc(C3CCCCC3)cc2)cc1. The lowest BCUT2D eigenvalue weighted by molar-refractivity contribution is -0.120. The number of anilines is 2. The van der Waals surface area contributed by atoms with Crippen LogP contribution < -0.4 is 15.0 Å². The highest BCUT2D eigenvalue weighted by Crippen LogP contribution is 2.34. The van der Waals surface area contributed by atoms with Gasteiger partial charge < -0.3 is 9.64 Å². The number of rotatable bonds is 9. The molecule has 0 atom stereocenters. The van der Waals surface area contributed by atoms with Gasteiger partial charge in [-0.25, -0.2) is 0 Å². The Morgan fingerprint density at radius 3 is 2.42 bits per heavy atom. The van der Waals surface area contributed by atoms with Crippen LogP contribution in [-0.2, 0) is 11.3 Å². The second kappa shape index (κ2) is 12.9. The van der Waals surface area contributed by atoms with Gasteiger partial charge in [0, 0.05) is 11.3 Å². The number of carbonyl (C=O) groups excluding carboxylic acids is 2. The summed E-state index contributed by atoms with van der Waals surface area (Å²) in [5.74, 6) is 0.368. The fourth-order valence-electron chi connectivity index (χ4n) is 4.83. The number of nitrogens with one attached hydrogen (secondary N) is 2. The van der Waals surface area contributed by atoms with Gasteiger partial charge >= 0.3 is 0 Å². The minimum absolute atomic E-state index is 0.0855. The van der Waals surface area contributed by atoms with E-state index in [9.17, 15) is 9.59 Å². The van der Waals surface area contributed by atoms with Crippen molar-refractivity contribution in [3.63, 3.8) is 0 Å². The molecular weight excluding hydrogens is 551 g/mol. The van der Waals surface area contributed by atoms with Crippen molar-refractivity contribution in [3.8, 4) is 5.75 Å². The van der Waals surface area contributed by atoms with Gasteiger partial charge in [-0.15, -0.1) is 5.10 Å². The Bertz CT molecular complexity index is 1440. The third-order valence-electron chi connectivity index (χ3n) is 6.98. The molecule has 0 radical (unpaired) electrons. The van der Waals surface area contributed by atoms with E-state index in [1.807, 2.05) is 12.1 Å². The van der Waals surface area contributed by atoms with Crippen LogP contribution in [0.2, 0.25) is 10.0 Å².